The number of piperazine rings is 1. The van der Waals surface area contributed by atoms with Gasteiger partial charge in [-0.25, -0.2) is 0 Å². The highest BCUT2D eigenvalue weighted by atomic mass is 16.2. The van der Waals surface area contributed by atoms with Crippen LogP contribution in [0.4, 0.5) is 5.69 Å². The molecule has 1 saturated carbocycles. The van der Waals surface area contributed by atoms with Crippen molar-refractivity contribution in [1.82, 2.24) is 9.80 Å². The van der Waals surface area contributed by atoms with E-state index >= 15 is 0 Å². The lowest BCUT2D eigenvalue weighted by atomic mass is 9.94. The number of anilines is 1. The molecule has 0 aromatic heterocycles. The first kappa shape index (κ1) is 18.9. The van der Waals surface area contributed by atoms with Crippen LogP contribution in [0.2, 0.25) is 0 Å². The topological polar surface area (TPSA) is 52.7 Å². The molecule has 5 nitrogen and oxygen atoms in total. The fourth-order valence-corrected chi connectivity index (χ4v) is 4.36. The largest absolute Gasteiger partial charge is 0.340 e. The van der Waals surface area contributed by atoms with Gasteiger partial charge in [0.05, 0.1) is 6.04 Å². The molecule has 0 radical (unpaired) electrons. The van der Waals surface area contributed by atoms with Crippen LogP contribution in [0.1, 0.15) is 44.6 Å². The van der Waals surface area contributed by atoms with Crippen molar-refractivity contribution in [3.63, 3.8) is 0 Å². The predicted octanol–water partition coefficient (Wildman–Crippen LogP) is 3.05. The Kier molecular flexibility index (Phi) is 6.30. The number of aryl methyl sites for hydroxylation is 1. The number of rotatable bonds is 5. The fourth-order valence-electron chi connectivity index (χ4n) is 4.36. The molecule has 1 atom stereocenters. The number of hydrogen-bond donors (Lipinski definition) is 1. The van der Waals surface area contributed by atoms with Crippen molar-refractivity contribution >= 4 is 17.5 Å². The van der Waals surface area contributed by atoms with Crippen LogP contribution in [-0.4, -0.2) is 53.8 Å². The van der Waals surface area contributed by atoms with Crippen LogP contribution in [0.3, 0.4) is 0 Å². The number of nitrogens with one attached hydrogen (secondary N) is 1. The van der Waals surface area contributed by atoms with Gasteiger partial charge in [0.1, 0.15) is 0 Å². The van der Waals surface area contributed by atoms with Crippen molar-refractivity contribution in [2.45, 2.75) is 52.0 Å². The number of benzene rings is 1. The second-order valence-electron chi connectivity index (χ2n) is 7.62. The molecule has 1 N–H and O–H groups in total. The normalized spacial score (nSPS) is 20.2. The zero-order valence-electron chi connectivity index (χ0n) is 16.0. The Bertz CT molecular complexity index is 632. The standard InChI is InChI=1S/C21H31N3O2/c1-3-19(25)23-11-13-24(14-12-23)20(17-8-4-5-9-17)21(26)22-18-10-6-7-16(2)15-18/h6-7,10,15,17,20H,3-5,8-9,11-14H2,1-2H3,(H,22,26)/t20-/m0/s1. The van der Waals surface area contributed by atoms with Gasteiger partial charge in [-0.1, -0.05) is 31.9 Å². The summed E-state index contributed by atoms with van der Waals surface area (Å²) < 4.78 is 0. The molecule has 3 rings (SSSR count). The molecule has 2 fully saturated rings. The Morgan fingerprint density at radius 1 is 1.15 bits per heavy atom. The second kappa shape index (κ2) is 8.67. The van der Waals surface area contributed by atoms with Gasteiger partial charge in [0.15, 0.2) is 0 Å². The van der Waals surface area contributed by atoms with Gasteiger partial charge in [-0.15, -0.1) is 0 Å². The summed E-state index contributed by atoms with van der Waals surface area (Å²) >= 11 is 0. The number of amides is 2. The van der Waals surface area contributed by atoms with Crippen molar-refractivity contribution in [3.05, 3.63) is 29.8 Å². The summed E-state index contributed by atoms with van der Waals surface area (Å²) in [5.74, 6) is 0.747. The Balaban J connectivity index is 1.69. The van der Waals surface area contributed by atoms with Gasteiger partial charge in [-0.05, 0) is 43.4 Å². The van der Waals surface area contributed by atoms with E-state index in [4.69, 9.17) is 0 Å². The number of nitrogens with zero attached hydrogens (tertiary/aromatic N) is 2. The van der Waals surface area contributed by atoms with E-state index in [0.29, 0.717) is 12.3 Å². The first-order chi connectivity index (χ1) is 12.6. The molecular weight excluding hydrogens is 326 g/mol. The smallest absolute Gasteiger partial charge is 0.242 e. The molecule has 1 aromatic carbocycles. The number of carbonyl (C=O) groups excluding carboxylic acids is 2. The molecule has 2 amide bonds. The van der Waals surface area contributed by atoms with Crippen LogP contribution < -0.4 is 5.32 Å². The summed E-state index contributed by atoms with van der Waals surface area (Å²) in [6.45, 7) is 6.98. The third-order valence-electron chi connectivity index (χ3n) is 5.76. The minimum atomic E-state index is -0.0862. The van der Waals surface area contributed by atoms with Gasteiger partial charge in [-0.3, -0.25) is 14.5 Å². The minimum Gasteiger partial charge on any atom is -0.340 e. The predicted molar refractivity (Wildman–Crippen MR) is 104 cm³/mol. The van der Waals surface area contributed by atoms with Gasteiger partial charge < -0.3 is 10.2 Å². The lowest BCUT2D eigenvalue weighted by Crippen LogP contribution is -2.56. The summed E-state index contributed by atoms with van der Waals surface area (Å²) in [5, 5.41) is 3.14. The SMILES string of the molecule is CCC(=O)N1CCN([C@H](C(=O)Nc2cccc(C)c2)C2CCCC2)CC1. The molecule has 26 heavy (non-hydrogen) atoms. The Labute approximate surface area is 156 Å². The molecule has 5 heteroatoms. The van der Waals surface area contributed by atoms with E-state index in [2.05, 4.69) is 10.2 Å². The van der Waals surface area contributed by atoms with Crippen LogP contribution in [0, 0.1) is 12.8 Å². The molecule has 0 unspecified atom stereocenters. The van der Waals surface area contributed by atoms with E-state index in [-0.39, 0.29) is 17.9 Å². The van der Waals surface area contributed by atoms with Gasteiger partial charge in [0, 0.05) is 38.3 Å². The molecule has 1 aliphatic carbocycles. The first-order valence-electron chi connectivity index (χ1n) is 9.98. The number of hydrogen-bond acceptors (Lipinski definition) is 3. The van der Waals surface area contributed by atoms with Crippen LogP contribution in [0.25, 0.3) is 0 Å². The molecule has 2 aliphatic rings. The highest BCUT2D eigenvalue weighted by Gasteiger charge is 2.37. The Morgan fingerprint density at radius 2 is 1.85 bits per heavy atom. The van der Waals surface area contributed by atoms with E-state index in [1.54, 1.807) is 0 Å². The molecule has 0 bridgehead atoms. The maximum atomic E-state index is 13.1. The summed E-state index contributed by atoms with van der Waals surface area (Å²) in [6.07, 6.45) is 5.24. The average Bonchev–Trinajstić information content (AvgIpc) is 3.16. The molecule has 1 aromatic rings. The molecule has 142 valence electrons. The van der Waals surface area contributed by atoms with Crippen LogP contribution >= 0.6 is 0 Å². The molecule has 1 saturated heterocycles. The fraction of sp³-hybridized carbons (Fsp3) is 0.619. The lowest BCUT2D eigenvalue weighted by molar-refractivity contribution is -0.134. The van der Waals surface area contributed by atoms with Crippen LogP contribution in [0.5, 0.6) is 0 Å². The van der Waals surface area contributed by atoms with Crippen molar-refractivity contribution < 1.29 is 9.59 Å². The van der Waals surface area contributed by atoms with E-state index in [0.717, 1.165) is 50.3 Å². The van der Waals surface area contributed by atoms with Crippen molar-refractivity contribution in [3.8, 4) is 0 Å². The summed E-state index contributed by atoms with van der Waals surface area (Å²) in [7, 11) is 0. The van der Waals surface area contributed by atoms with Gasteiger partial charge in [0.2, 0.25) is 11.8 Å². The number of carbonyl (C=O) groups is 2. The van der Waals surface area contributed by atoms with Crippen LogP contribution in [-0.2, 0) is 9.59 Å². The summed E-state index contributed by atoms with van der Waals surface area (Å²) in [6, 6.07) is 7.89. The zero-order chi connectivity index (χ0) is 18.5. The van der Waals surface area contributed by atoms with E-state index in [1.807, 2.05) is 43.0 Å². The van der Waals surface area contributed by atoms with Gasteiger partial charge in [-0.2, -0.15) is 0 Å². The third-order valence-corrected chi connectivity index (χ3v) is 5.76. The first-order valence-corrected chi connectivity index (χ1v) is 9.98. The Hall–Kier alpha value is -1.88. The van der Waals surface area contributed by atoms with Crippen LogP contribution in [0.15, 0.2) is 24.3 Å². The monoisotopic (exact) mass is 357 g/mol. The molecule has 1 heterocycles. The van der Waals surface area contributed by atoms with Gasteiger partial charge >= 0.3 is 0 Å². The minimum absolute atomic E-state index is 0.0862. The van der Waals surface area contributed by atoms with Gasteiger partial charge in [0.25, 0.3) is 0 Å². The van der Waals surface area contributed by atoms with E-state index < -0.39 is 0 Å². The molecular formula is C21H31N3O2. The maximum Gasteiger partial charge on any atom is 0.242 e. The van der Waals surface area contributed by atoms with E-state index in [9.17, 15) is 9.59 Å². The summed E-state index contributed by atoms with van der Waals surface area (Å²) in [4.78, 5) is 29.3. The third kappa shape index (κ3) is 4.44. The van der Waals surface area contributed by atoms with Crippen molar-refractivity contribution in [2.75, 3.05) is 31.5 Å². The maximum absolute atomic E-state index is 13.1. The summed E-state index contributed by atoms with van der Waals surface area (Å²) in [5.41, 5.74) is 2.02. The molecule has 1 aliphatic heterocycles. The highest BCUT2D eigenvalue weighted by Crippen LogP contribution is 2.31. The Morgan fingerprint density at radius 3 is 2.46 bits per heavy atom. The quantitative estimate of drug-likeness (QED) is 0.881. The average molecular weight is 357 g/mol. The second-order valence-corrected chi connectivity index (χ2v) is 7.62. The molecule has 0 spiro atoms. The zero-order valence-corrected chi connectivity index (χ0v) is 16.0. The van der Waals surface area contributed by atoms with Crippen molar-refractivity contribution in [1.29, 1.82) is 0 Å². The van der Waals surface area contributed by atoms with Crippen molar-refractivity contribution in [2.24, 2.45) is 5.92 Å². The lowest BCUT2D eigenvalue weighted by Gasteiger charge is -2.40. The van der Waals surface area contributed by atoms with E-state index in [1.165, 1.54) is 12.8 Å². The highest BCUT2D eigenvalue weighted by molar-refractivity contribution is 5.95.